The summed E-state index contributed by atoms with van der Waals surface area (Å²) in [6, 6.07) is 15.0. The van der Waals surface area contributed by atoms with Crippen molar-refractivity contribution in [3.63, 3.8) is 0 Å². The van der Waals surface area contributed by atoms with Crippen molar-refractivity contribution in [2.24, 2.45) is 0 Å². The lowest BCUT2D eigenvalue weighted by atomic mass is 10.1. The van der Waals surface area contributed by atoms with Gasteiger partial charge in [0.15, 0.2) is 0 Å². The average molecular weight is 273 g/mol. The summed E-state index contributed by atoms with van der Waals surface area (Å²) in [5, 5.41) is 12.2. The van der Waals surface area contributed by atoms with Gasteiger partial charge < -0.3 is 10.4 Å². The normalized spacial score (nSPS) is 10.2. The summed E-state index contributed by atoms with van der Waals surface area (Å²) in [4.78, 5) is 12.0. The van der Waals surface area contributed by atoms with E-state index in [1.807, 2.05) is 36.6 Å². The third kappa shape index (κ3) is 3.51. The third-order valence-electron chi connectivity index (χ3n) is 2.79. The molecule has 0 amide bonds. The Morgan fingerprint density at radius 3 is 2.47 bits per heavy atom. The molecule has 0 spiro atoms. The number of carboxylic acid groups (broad SMARTS) is 1. The van der Waals surface area contributed by atoms with Crippen LogP contribution < -0.4 is 5.32 Å². The van der Waals surface area contributed by atoms with Crippen LogP contribution in [0.1, 0.15) is 15.9 Å². The van der Waals surface area contributed by atoms with Crippen molar-refractivity contribution in [3.05, 3.63) is 59.7 Å². The van der Waals surface area contributed by atoms with E-state index >= 15 is 0 Å². The fourth-order valence-electron chi connectivity index (χ4n) is 1.75. The topological polar surface area (TPSA) is 49.3 Å². The second kappa shape index (κ2) is 6.29. The first kappa shape index (κ1) is 13.5. The monoisotopic (exact) mass is 273 g/mol. The number of para-hydroxylation sites is 1. The van der Waals surface area contributed by atoms with Gasteiger partial charge in [-0.3, -0.25) is 0 Å². The number of nitrogens with one attached hydrogen (secondary N) is 1. The van der Waals surface area contributed by atoms with Crippen LogP contribution in [0.4, 0.5) is 5.69 Å². The zero-order valence-electron chi connectivity index (χ0n) is 10.6. The zero-order valence-corrected chi connectivity index (χ0v) is 11.4. The highest BCUT2D eigenvalue weighted by molar-refractivity contribution is 7.98. The first-order valence-corrected chi connectivity index (χ1v) is 7.12. The molecule has 2 rings (SSSR count). The fraction of sp³-hybridized carbons (Fsp3) is 0.133. The van der Waals surface area contributed by atoms with Gasteiger partial charge in [-0.1, -0.05) is 24.3 Å². The molecule has 0 aliphatic rings. The Morgan fingerprint density at radius 2 is 1.84 bits per heavy atom. The number of hydrogen-bond donors (Lipinski definition) is 2. The molecule has 98 valence electrons. The smallest absolute Gasteiger partial charge is 0.335 e. The predicted molar refractivity (Wildman–Crippen MR) is 79.0 cm³/mol. The minimum absolute atomic E-state index is 0.313. The Hall–Kier alpha value is -1.94. The van der Waals surface area contributed by atoms with Crippen molar-refractivity contribution >= 4 is 23.4 Å². The Labute approximate surface area is 116 Å². The summed E-state index contributed by atoms with van der Waals surface area (Å²) in [6.07, 6.45) is 2.04. The van der Waals surface area contributed by atoms with E-state index in [-0.39, 0.29) is 0 Å². The van der Waals surface area contributed by atoms with Gasteiger partial charge in [-0.05, 0) is 36.1 Å². The minimum atomic E-state index is -0.896. The maximum absolute atomic E-state index is 10.8. The van der Waals surface area contributed by atoms with Gasteiger partial charge in [-0.2, -0.15) is 0 Å². The molecule has 0 aromatic heterocycles. The van der Waals surface area contributed by atoms with Crippen LogP contribution in [0, 0.1) is 0 Å². The fourth-order valence-corrected chi connectivity index (χ4v) is 2.33. The summed E-state index contributed by atoms with van der Waals surface area (Å²) < 4.78 is 0. The maximum Gasteiger partial charge on any atom is 0.335 e. The van der Waals surface area contributed by atoms with E-state index in [0.717, 1.165) is 11.3 Å². The first-order valence-electron chi connectivity index (χ1n) is 5.90. The Kier molecular flexibility index (Phi) is 4.47. The summed E-state index contributed by atoms with van der Waals surface area (Å²) in [6.45, 7) is 0.678. The standard InChI is InChI=1S/C15H15NO2S/c1-19-14-5-3-2-4-13(14)16-10-11-6-8-12(9-7-11)15(17)18/h2-9,16H,10H2,1H3,(H,17,18). The van der Waals surface area contributed by atoms with Crippen LogP contribution in [-0.2, 0) is 6.54 Å². The van der Waals surface area contributed by atoms with E-state index in [1.54, 1.807) is 23.9 Å². The third-order valence-corrected chi connectivity index (χ3v) is 3.59. The van der Waals surface area contributed by atoms with Crippen LogP contribution in [0.2, 0.25) is 0 Å². The van der Waals surface area contributed by atoms with Crippen LogP contribution in [0.25, 0.3) is 0 Å². The summed E-state index contributed by atoms with van der Waals surface area (Å²) in [5.41, 5.74) is 2.46. The highest BCUT2D eigenvalue weighted by Gasteiger charge is 2.03. The van der Waals surface area contributed by atoms with Gasteiger partial charge >= 0.3 is 5.97 Å². The Morgan fingerprint density at radius 1 is 1.16 bits per heavy atom. The van der Waals surface area contributed by atoms with Gasteiger partial charge in [0.25, 0.3) is 0 Å². The average Bonchev–Trinajstić information content (AvgIpc) is 2.45. The van der Waals surface area contributed by atoms with Crippen LogP contribution in [-0.4, -0.2) is 17.3 Å². The van der Waals surface area contributed by atoms with Crippen molar-refractivity contribution in [1.82, 2.24) is 0 Å². The first-order chi connectivity index (χ1) is 9.20. The largest absolute Gasteiger partial charge is 0.478 e. The molecule has 0 saturated heterocycles. The van der Waals surface area contributed by atoms with Gasteiger partial charge in [0.1, 0.15) is 0 Å². The maximum atomic E-state index is 10.8. The Bertz CT molecular complexity index is 567. The number of aromatic carboxylic acids is 1. The van der Waals surface area contributed by atoms with Gasteiger partial charge in [0, 0.05) is 17.1 Å². The molecule has 0 atom stereocenters. The number of carboxylic acids is 1. The molecule has 0 saturated carbocycles. The van der Waals surface area contributed by atoms with Crippen LogP contribution in [0.15, 0.2) is 53.4 Å². The van der Waals surface area contributed by atoms with E-state index in [0.29, 0.717) is 12.1 Å². The van der Waals surface area contributed by atoms with E-state index in [4.69, 9.17) is 5.11 Å². The van der Waals surface area contributed by atoms with Crippen LogP contribution >= 0.6 is 11.8 Å². The van der Waals surface area contributed by atoms with Crippen molar-refractivity contribution < 1.29 is 9.90 Å². The SMILES string of the molecule is CSc1ccccc1NCc1ccc(C(=O)O)cc1. The summed E-state index contributed by atoms with van der Waals surface area (Å²) >= 11 is 1.70. The molecule has 0 radical (unpaired) electrons. The lowest BCUT2D eigenvalue weighted by molar-refractivity contribution is 0.0697. The number of hydrogen-bond acceptors (Lipinski definition) is 3. The second-order valence-corrected chi connectivity index (χ2v) is 4.90. The van der Waals surface area contributed by atoms with Gasteiger partial charge in [-0.15, -0.1) is 11.8 Å². The van der Waals surface area contributed by atoms with Gasteiger partial charge in [0.2, 0.25) is 0 Å². The number of anilines is 1. The number of thioether (sulfide) groups is 1. The molecule has 3 nitrogen and oxygen atoms in total. The molecule has 2 N–H and O–H groups in total. The molecule has 4 heteroatoms. The number of benzene rings is 2. The molecule has 2 aromatic carbocycles. The van der Waals surface area contributed by atoms with Crippen molar-refractivity contribution in [1.29, 1.82) is 0 Å². The molecule has 19 heavy (non-hydrogen) atoms. The van der Waals surface area contributed by atoms with E-state index in [2.05, 4.69) is 11.4 Å². The van der Waals surface area contributed by atoms with E-state index < -0.39 is 5.97 Å². The van der Waals surface area contributed by atoms with Crippen LogP contribution in [0.3, 0.4) is 0 Å². The quantitative estimate of drug-likeness (QED) is 0.815. The van der Waals surface area contributed by atoms with Crippen molar-refractivity contribution in [2.75, 3.05) is 11.6 Å². The van der Waals surface area contributed by atoms with Crippen molar-refractivity contribution in [3.8, 4) is 0 Å². The molecule has 0 heterocycles. The molecule has 0 fully saturated rings. The van der Waals surface area contributed by atoms with Crippen LogP contribution in [0.5, 0.6) is 0 Å². The molecule has 0 unspecified atom stereocenters. The molecular weight excluding hydrogens is 258 g/mol. The molecular formula is C15H15NO2S. The minimum Gasteiger partial charge on any atom is -0.478 e. The Balaban J connectivity index is 2.04. The highest BCUT2D eigenvalue weighted by atomic mass is 32.2. The lowest BCUT2D eigenvalue weighted by Gasteiger charge is -2.10. The highest BCUT2D eigenvalue weighted by Crippen LogP contribution is 2.25. The second-order valence-electron chi connectivity index (χ2n) is 4.06. The molecule has 2 aromatic rings. The van der Waals surface area contributed by atoms with Gasteiger partial charge in [-0.25, -0.2) is 4.79 Å². The number of carbonyl (C=O) groups is 1. The number of rotatable bonds is 5. The zero-order chi connectivity index (χ0) is 13.7. The van der Waals surface area contributed by atoms with Crippen molar-refractivity contribution in [2.45, 2.75) is 11.4 Å². The summed E-state index contributed by atoms with van der Waals surface area (Å²) in [5.74, 6) is -0.896. The predicted octanol–water partition coefficient (Wildman–Crippen LogP) is 3.72. The summed E-state index contributed by atoms with van der Waals surface area (Å²) in [7, 11) is 0. The van der Waals surface area contributed by atoms with Gasteiger partial charge in [0.05, 0.1) is 5.56 Å². The molecule has 0 aliphatic heterocycles. The molecule has 0 bridgehead atoms. The van der Waals surface area contributed by atoms with E-state index in [1.165, 1.54) is 4.90 Å². The lowest BCUT2D eigenvalue weighted by Crippen LogP contribution is -2.01. The van der Waals surface area contributed by atoms with E-state index in [9.17, 15) is 4.79 Å². The molecule has 0 aliphatic carbocycles.